The number of rotatable bonds is 40. The molecule has 13 heteroatoms. The molecular formula is C45H86NO11P. The number of hydrogen-bond donors (Lipinski definition) is 5. The third-order valence-corrected chi connectivity index (χ3v) is 12.2. The van der Waals surface area contributed by atoms with Crippen LogP contribution in [0.1, 0.15) is 200 Å². The van der Waals surface area contributed by atoms with Crippen LogP contribution in [0.25, 0.3) is 0 Å². The van der Waals surface area contributed by atoms with E-state index in [-0.39, 0.29) is 44.4 Å². The van der Waals surface area contributed by atoms with Gasteiger partial charge in [0.2, 0.25) is 0 Å². The maximum absolute atomic E-state index is 12.7. The fourth-order valence-corrected chi connectivity index (χ4v) is 8.50. The quantitative estimate of drug-likeness (QED) is 0.0170. The molecule has 1 saturated carbocycles. The van der Waals surface area contributed by atoms with E-state index < -0.39 is 50.8 Å². The highest BCUT2D eigenvalue weighted by molar-refractivity contribution is 7.47. The van der Waals surface area contributed by atoms with Crippen LogP contribution in [0.15, 0.2) is 12.2 Å². The van der Waals surface area contributed by atoms with Crippen LogP contribution in [0.2, 0.25) is 0 Å². The number of esters is 2. The number of carbonyl (C=O) groups excluding carboxylic acids is 2. The molecule has 0 aromatic rings. The molecule has 0 spiro atoms. The minimum atomic E-state index is -4.44. The van der Waals surface area contributed by atoms with E-state index in [0.717, 1.165) is 64.2 Å². The van der Waals surface area contributed by atoms with Gasteiger partial charge in [0.25, 0.3) is 0 Å². The Bertz CT molecular complexity index is 1080. The van der Waals surface area contributed by atoms with Gasteiger partial charge in [0, 0.05) is 31.7 Å². The first-order valence-corrected chi connectivity index (χ1v) is 24.9. The summed E-state index contributed by atoms with van der Waals surface area (Å²) in [6.45, 7) is 3.42. The van der Waals surface area contributed by atoms with Gasteiger partial charge in [0.05, 0.1) is 31.5 Å². The summed E-state index contributed by atoms with van der Waals surface area (Å²) in [6.07, 6.45) is 30.2. The molecule has 0 aromatic carbocycles. The number of phosphoric acid groups is 1. The van der Waals surface area contributed by atoms with Crippen molar-refractivity contribution < 1.29 is 52.9 Å². The van der Waals surface area contributed by atoms with Gasteiger partial charge in [0.15, 0.2) is 6.10 Å². The summed E-state index contributed by atoms with van der Waals surface area (Å²) in [5.74, 6) is -1.25. The molecule has 342 valence electrons. The molecule has 6 N–H and O–H groups in total. The molecule has 0 amide bonds. The number of phosphoric ester groups is 1. The Morgan fingerprint density at radius 3 is 1.74 bits per heavy atom. The standard InChI is InChI=1S/C45H86NO11P/c1-3-5-7-8-9-10-11-12-13-14-15-16-17-18-19-20-25-29-44(50)54-36-39(37-56-58(52,53)55-34-33-46)57-45(51)30-26-22-21-24-28-40-41(43(49)35-42(40)48)32-31-38(47)27-23-6-4-2/h31-32,38-43,47-49H,3-30,33-37,46H2,1-2H3,(H,52,53)/b32-31+/t38-,39+,40+,41+,42-,43+/m0/s1. The number of aliphatic hydroxyl groups excluding tert-OH is 3. The average molecular weight is 848 g/mol. The molecule has 1 rings (SSSR count). The van der Waals surface area contributed by atoms with Crippen LogP contribution in [-0.2, 0) is 32.7 Å². The van der Waals surface area contributed by atoms with Crippen molar-refractivity contribution in [3.8, 4) is 0 Å². The average Bonchev–Trinajstić information content (AvgIpc) is 3.47. The summed E-state index contributed by atoms with van der Waals surface area (Å²) in [4.78, 5) is 35.1. The van der Waals surface area contributed by atoms with Crippen LogP contribution < -0.4 is 5.73 Å². The predicted molar refractivity (Wildman–Crippen MR) is 231 cm³/mol. The van der Waals surface area contributed by atoms with Crippen LogP contribution in [0.5, 0.6) is 0 Å². The molecule has 1 unspecified atom stereocenters. The first-order chi connectivity index (χ1) is 28.0. The maximum atomic E-state index is 12.7. The third kappa shape index (κ3) is 29.8. The van der Waals surface area contributed by atoms with E-state index >= 15 is 0 Å². The summed E-state index contributed by atoms with van der Waals surface area (Å²) < 4.78 is 32.9. The van der Waals surface area contributed by atoms with Crippen molar-refractivity contribution in [2.75, 3.05) is 26.4 Å². The highest BCUT2D eigenvalue weighted by atomic mass is 31.2. The second-order valence-electron chi connectivity index (χ2n) is 16.6. The first-order valence-electron chi connectivity index (χ1n) is 23.4. The molecule has 0 aromatic heterocycles. The van der Waals surface area contributed by atoms with E-state index in [4.69, 9.17) is 24.3 Å². The molecular weight excluding hydrogens is 761 g/mol. The zero-order valence-corrected chi connectivity index (χ0v) is 37.5. The number of hydrogen-bond acceptors (Lipinski definition) is 11. The van der Waals surface area contributed by atoms with Gasteiger partial charge < -0.3 is 35.4 Å². The zero-order chi connectivity index (χ0) is 42.7. The summed E-state index contributed by atoms with van der Waals surface area (Å²) in [6, 6.07) is 0. The van der Waals surface area contributed by atoms with Crippen molar-refractivity contribution in [3.63, 3.8) is 0 Å². The Kier molecular flexibility index (Phi) is 34.2. The lowest BCUT2D eigenvalue weighted by Gasteiger charge is -2.21. The van der Waals surface area contributed by atoms with Crippen molar-refractivity contribution in [1.82, 2.24) is 0 Å². The molecule has 0 radical (unpaired) electrons. The van der Waals surface area contributed by atoms with Crippen molar-refractivity contribution in [3.05, 3.63) is 12.2 Å². The van der Waals surface area contributed by atoms with E-state index in [0.29, 0.717) is 25.7 Å². The molecule has 7 atom stereocenters. The predicted octanol–water partition coefficient (Wildman–Crippen LogP) is 9.77. The summed E-state index contributed by atoms with van der Waals surface area (Å²) in [5.41, 5.74) is 5.35. The van der Waals surface area contributed by atoms with Crippen LogP contribution in [0.4, 0.5) is 0 Å². The molecule has 12 nitrogen and oxygen atoms in total. The zero-order valence-electron chi connectivity index (χ0n) is 36.6. The van der Waals surface area contributed by atoms with Gasteiger partial charge in [-0.25, -0.2) is 4.57 Å². The normalized spacial score (nSPS) is 20.3. The largest absolute Gasteiger partial charge is 0.472 e. The fourth-order valence-electron chi connectivity index (χ4n) is 7.73. The van der Waals surface area contributed by atoms with Crippen molar-refractivity contribution >= 4 is 19.8 Å². The first kappa shape index (κ1) is 54.6. The minimum absolute atomic E-state index is 0.0213. The Balaban J connectivity index is 2.33. The Morgan fingerprint density at radius 2 is 1.19 bits per heavy atom. The van der Waals surface area contributed by atoms with Gasteiger partial charge >= 0.3 is 19.8 Å². The summed E-state index contributed by atoms with van der Waals surface area (Å²) in [7, 11) is -4.44. The molecule has 0 aliphatic heterocycles. The summed E-state index contributed by atoms with van der Waals surface area (Å²) in [5, 5.41) is 31.4. The van der Waals surface area contributed by atoms with Crippen molar-refractivity contribution in [2.24, 2.45) is 17.6 Å². The van der Waals surface area contributed by atoms with Crippen molar-refractivity contribution in [2.45, 2.75) is 224 Å². The second kappa shape index (κ2) is 36.3. The molecule has 0 bridgehead atoms. The number of nitrogens with two attached hydrogens (primary N) is 1. The number of carbonyl (C=O) groups is 2. The van der Waals surface area contributed by atoms with E-state index in [1.54, 1.807) is 6.08 Å². The smallest absolute Gasteiger partial charge is 0.462 e. The fraction of sp³-hybridized carbons (Fsp3) is 0.911. The number of ether oxygens (including phenoxy) is 2. The number of unbranched alkanes of at least 4 members (excludes halogenated alkanes) is 21. The van der Waals surface area contributed by atoms with Crippen molar-refractivity contribution in [1.29, 1.82) is 0 Å². The maximum Gasteiger partial charge on any atom is 0.472 e. The lowest BCUT2D eigenvalue weighted by molar-refractivity contribution is -0.161. The topological polar surface area (TPSA) is 195 Å². The molecule has 0 heterocycles. The van der Waals surface area contributed by atoms with Gasteiger partial charge in [-0.05, 0) is 31.6 Å². The Labute approximate surface area is 352 Å². The van der Waals surface area contributed by atoms with Gasteiger partial charge in [-0.2, -0.15) is 0 Å². The van der Waals surface area contributed by atoms with E-state index in [9.17, 15) is 34.4 Å². The molecule has 58 heavy (non-hydrogen) atoms. The lowest BCUT2D eigenvalue weighted by Crippen LogP contribution is -2.29. The molecule has 1 aliphatic rings. The second-order valence-corrected chi connectivity index (χ2v) is 18.1. The van der Waals surface area contributed by atoms with Gasteiger partial charge in [-0.15, -0.1) is 0 Å². The van der Waals surface area contributed by atoms with Gasteiger partial charge in [0.1, 0.15) is 6.61 Å². The molecule has 1 fully saturated rings. The minimum Gasteiger partial charge on any atom is -0.462 e. The van der Waals surface area contributed by atoms with Crippen LogP contribution in [-0.4, -0.2) is 82.9 Å². The SMILES string of the molecule is CCCCCCCCCCCCCCCCCCCC(=O)OC[C@H](COP(=O)(O)OCCN)OC(=O)CCCCCC[C@@H]1[C@@H](/C=C/[C@@H](O)CCCCC)[C@H](O)C[C@@H]1O. The molecule has 1 aliphatic carbocycles. The highest BCUT2D eigenvalue weighted by Gasteiger charge is 2.39. The van der Waals surface area contributed by atoms with E-state index in [1.165, 1.54) is 83.5 Å². The van der Waals surface area contributed by atoms with Crippen LogP contribution in [0, 0.1) is 11.8 Å². The number of aliphatic hydroxyl groups is 3. The van der Waals surface area contributed by atoms with Gasteiger partial charge in [-0.3, -0.25) is 18.6 Å². The van der Waals surface area contributed by atoms with Crippen LogP contribution in [0.3, 0.4) is 0 Å². The lowest BCUT2D eigenvalue weighted by atomic mass is 9.88. The Hall–Kier alpha value is -1.37. The third-order valence-electron chi connectivity index (χ3n) is 11.3. The summed E-state index contributed by atoms with van der Waals surface area (Å²) >= 11 is 0. The van der Waals surface area contributed by atoms with E-state index in [1.807, 2.05) is 6.08 Å². The molecule has 0 saturated heterocycles. The monoisotopic (exact) mass is 848 g/mol. The van der Waals surface area contributed by atoms with Crippen LogP contribution >= 0.6 is 7.82 Å². The highest BCUT2D eigenvalue weighted by Crippen LogP contribution is 2.43. The van der Waals surface area contributed by atoms with E-state index in [2.05, 4.69) is 13.8 Å². The van der Waals surface area contributed by atoms with Gasteiger partial charge in [-0.1, -0.05) is 167 Å². The Morgan fingerprint density at radius 1 is 0.690 bits per heavy atom.